The molecular formula is C16H25FN2O. The van der Waals surface area contributed by atoms with Gasteiger partial charge in [-0.3, -0.25) is 4.90 Å². The standard InChI is InChI=1S/C16H25FN2O/c1-12(19-8-4-3-5-9-19)11-18-13(2)15-10-14(17)6-7-16(15)20/h6-7,10,12-13,18,20H,3-5,8-9,11H2,1-2H3. The van der Waals surface area contributed by atoms with Crippen LogP contribution in [0.1, 0.15) is 44.7 Å². The normalized spacial score (nSPS) is 19.8. The van der Waals surface area contributed by atoms with Crippen molar-refractivity contribution in [3.05, 3.63) is 29.6 Å². The Labute approximate surface area is 120 Å². The lowest BCUT2D eigenvalue weighted by atomic mass is 10.1. The molecule has 20 heavy (non-hydrogen) atoms. The van der Waals surface area contributed by atoms with Crippen LogP contribution in [0.3, 0.4) is 0 Å². The van der Waals surface area contributed by atoms with E-state index in [9.17, 15) is 9.50 Å². The van der Waals surface area contributed by atoms with Crippen molar-refractivity contribution >= 4 is 0 Å². The zero-order chi connectivity index (χ0) is 14.5. The molecule has 0 saturated carbocycles. The van der Waals surface area contributed by atoms with E-state index < -0.39 is 0 Å². The number of aromatic hydroxyl groups is 1. The lowest BCUT2D eigenvalue weighted by Crippen LogP contribution is -2.43. The summed E-state index contributed by atoms with van der Waals surface area (Å²) in [5.74, 6) is -0.160. The Hall–Kier alpha value is -1.13. The average molecular weight is 280 g/mol. The van der Waals surface area contributed by atoms with E-state index in [-0.39, 0.29) is 17.6 Å². The van der Waals surface area contributed by atoms with Crippen molar-refractivity contribution < 1.29 is 9.50 Å². The number of nitrogens with one attached hydrogen (secondary N) is 1. The van der Waals surface area contributed by atoms with E-state index in [4.69, 9.17) is 0 Å². The largest absolute Gasteiger partial charge is 0.508 e. The number of benzene rings is 1. The third kappa shape index (κ3) is 3.93. The molecule has 2 unspecified atom stereocenters. The van der Waals surface area contributed by atoms with Crippen molar-refractivity contribution in [1.29, 1.82) is 0 Å². The van der Waals surface area contributed by atoms with Crippen LogP contribution in [0.15, 0.2) is 18.2 Å². The highest BCUT2D eigenvalue weighted by molar-refractivity contribution is 5.34. The molecule has 1 saturated heterocycles. The Bertz CT molecular complexity index is 432. The van der Waals surface area contributed by atoms with Gasteiger partial charge in [0, 0.05) is 24.2 Å². The van der Waals surface area contributed by atoms with Gasteiger partial charge in [-0.2, -0.15) is 0 Å². The van der Waals surface area contributed by atoms with Crippen LogP contribution < -0.4 is 5.32 Å². The third-order valence-electron chi connectivity index (χ3n) is 4.19. The van der Waals surface area contributed by atoms with Gasteiger partial charge in [0.1, 0.15) is 11.6 Å². The van der Waals surface area contributed by atoms with Crippen LogP contribution in [0.25, 0.3) is 0 Å². The predicted octanol–water partition coefficient (Wildman–Crippen LogP) is 3.06. The number of piperidine rings is 1. The lowest BCUT2D eigenvalue weighted by molar-refractivity contribution is 0.168. The highest BCUT2D eigenvalue weighted by Crippen LogP contribution is 2.24. The van der Waals surface area contributed by atoms with E-state index in [0.717, 1.165) is 6.54 Å². The van der Waals surface area contributed by atoms with Crippen molar-refractivity contribution in [2.24, 2.45) is 0 Å². The Morgan fingerprint density at radius 2 is 1.95 bits per heavy atom. The predicted molar refractivity (Wildman–Crippen MR) is 79.4 cm³/mol. The summed E-state index contributed by atoms with van der Waals surface area (Å²) in [6, 6.07) is 4.50. The summed E-state index contributed by atoms with van der Waals surface area (Å²) in [7, 11) is 0. The molecule has 0 spiro atoms. The summed E-state index contributed by atoms with van der Waals surface area (Å²) >= 11 is 0. The fourth-order valence-electron chi connectivity index (χ4n) is 2.82. The molecule has 1 aliphatic heterocycles. The second-order valence-corrected chi connectivity index (χ2v) is 5.78. The zero-order valence-corrected chi connectivity index (χ0v) is 12.4. The molecule has 1 aromatic carbocycles. The summed E-state index contributed by atoms with van der Waals surface area (Å²) in [6.45, 7) is 7.36. The minimum atomic E-state index is -0.310. The number of likely N-dealkylation sites (tertiary alicyclic amines) is 1. The quantitative estimate of drug-likeness (QED) is 0.870. The fourth-order valence-corrected chi connectivity index (χ4v) is 2.82. The van der Waals surface area contributed by atoms with Crippen molar-refractivity contribution in [3.63, 3.8) is 0 Å². The second-order valence-electron chi connectivity index (χ2n) is 5.78. The van der Waals surface area contributed by atoms with Gasteiger partial charge in [0.15, 0.2) is 0 Å². The van der Waals surface area contributed by atoms with E-state index in [1.807, 2.05) is 6.92 Å². The third-order valence-corrected chi connectivity index (χ3v) is 4.19. The van der Waals surface area contributed by atoms with Crippen molar-refractivity contribution in [3.8, 4) is 5.75 Å². The number of nitrogens with zero attached hydrogens (tertiary/aromatic N) is 1. The van der Waals surface area contributed by atoms with Gasteiger partial charge in [-0.05, 0) is 58.0 Å². The monoisotopic (exact) mass is 280 g/mol. The summed E-state index contributed by atoms with van der Waals surface area (Å²) in [6.07, 6.45) is 3.90. The molecule has 4 heteroatoms. The minimum Gasteiger partial charge on any atom is -0.508 e. The molecule has 0 amide bonds. The zero-order valence-electron chi connectivity index (χ0n) is 12.4. The van der Waals surface area contributed by atoms with E-state index in [1.165, 1.54) is 50.6 Å². The molecule has 1 aromatic rings. The molecule has 3 nitrogen and oxygen atoms in total. The first-order chi connectivity index (χ1) is 9.58. The maximum absolute atomic E-state index is 13.3. The molecule has 0 aliphatic carbocycles. The molecule has 2 rings (SSSR count). The number of hydrogen-bond donors (Lipinski definition) is 2. The molecule has 1 heterocycles. The smallest absolute Gasteiger partial charge is 0.123 e. The van der Waals surface area contributed by atoms with Gasteiger partial charge in [-0.1, -0.05) is 6.42 Å². The Morgan fingerprint density at radius 1 is 1.25 bits per heavy atom. The maximum Gasteiger partial charge on any atom is 0.123 e. The molecular weight excluding hydrogens is 255 g/mol. The molecule has 112 valence electrons. The first-order valence-corrected chi connectivity index (χ1v) is 7.54. The van der Waals surface area contributed by atoms with Crippen LogP contribution in [0, 0.1) is 5.82 Å². The average Bonchev–Trinajstić information content (AvgIpc) is 2.47. The van der Waals surface area contributed by atoms with Crippen LogP contribution >= 0.6 is 0 Å². The van der Waals surface area contributed by atoms with Gasteiger partial charge in [-0.25, -0.2) is 4.39 Å². The van der Waals surface area contributed by atoms with E-state index in [0.29, 0.717) is 11.6 Å². The summed E-state index contributed by atoms with van der Waals surface area (Å²) < 4.78 is 13.3. The fraction of sp³-hybridized carbons (Fsp3) is 0.625. The van der Waals surface area contributed by atoms with Crippen LogP contribution in [0.2, 0.25) is 0 Å². The lowest BCUT2D eigenvalue weighted by Gasteiger charge is -2.33. The number of phenols is 1. The molecule has 0 aromatic heterocycles. The van der Waals surface area contributed by atoms with E-state index in [1.54, 1.807) is 0 Å². The van der Waals surface area contributed by atoms with Crippen LogP contribution in [-0.4, -0.2) is 35.7 Å². The van der Waals surface area contributed by atoms with Crippen LogP contribution in [0.4, 0.5) is 4.39 Å². The minimum absolute atomic E-state index is 0.0575. The molecule has 1 fully saturated rings. The van der Waals surface area contributed by atoms with Crippen LogP contribution in [0.5, 0.6) is 5.75 Å². The second kappa shape index (κ2) is 7.04. The summed E-state index contributed by atoms with van der Waals surface area (Å²) in [4.78, 5) is 2.49. The van der Waals surface area contributed by atoms with Crippen molar-refractivity contribution in [2.75, 3.05) is 19.6 Å². The number of hydrogen-bond acceptors (Lipinski definition) is 3. The van der Waals surface area contributed by atoms with E-state index >= 15 is 0 Å². The van der Waals surface area contributed by atoms with Gasteiger partial charge in [-0.15, -0.1) is 0 Å². The Kier molecular flexibility index (Phi) is 5.38. The number of rotatable bonds is 5. The topological polar surface area (TPSA) is 35.5 Å². The highest BCUT2D eigenvalue weighted by Gasteiger charge is 2.18. The van der Waals surface area contributed by atoms with Gasteiger partial charge >= 0.3 is 0 Å². The Balaban J connectivity index is 1.87. The summed E-state index contributed by atoms with van der Waals surface area (Å²) in [5.41, 5.74) is 0.621. The van der Waals surface area contributed by atoms with Crippen molar-refractivity contribution in [2.45, 2.75) is 45.2 Å². The maximum atomic E-state index is 13.3. The van der Waals surface area contributed by atoms with Gasteiger partial charge in [0.05, 0.1) is 0 Å². The molecule has 1 aliphatic rings. The van der Waals surface area contributed by atoms with Gasteiger partial charge in [0.25, 0.3) is 0 Å². The van der Waals surface area contributed by atoms with Gasteiger partial charge in [0.2, 0.25) is 0 Å². The first-order valence-electron chi connectivity index (χ1n) is 7.54. The van der Waals surface area contributed by atoms with Crippen molar-refractivity contribution in [1.82, 2.24) is 10.2 Å². The molecule has 2 N–H and O–H groups in total. The van der Waals surface area contributed by atoms with Crippen LogP contribution in [-0.2, 0) is 0 Å². The Morgan fingerprint density at radius 3 is 2.65 bits per heavy atom. The molecule has 0 radical (unpaired) electrons. The van der Waals surface area contributed by atoms with Gasteiger partial charge < -0.3 is 10.4 Å². The molecule has 2 atom stereocenters. The first kappa shape index (κ1) is 15.3. The number of halogens is 1. The highest BCUT2D eigenvalue weighted by atomic mass is 19.1. The SMILES string of the molecule is CC(NCC(C)N1CCCCC1)c1cc(F)ccc1O. The number of phenolic OH excluding ortho intramolecular Hbond substituents is 1. The van der Waals surface area contributed by atoms with E-state index in [2.05, 4.69) is 17.1 Å². The molecule has 0 bridgehead atoms. The summed E-state index contributed by atoms with van der Waals surface area (Å²) in [5, 5.41) is 13.2.